The summed E-state index contributed by atoms with van der Waals surface area (Å²) in [5, 5.41) is 11.0. The van der Waals surface area contributed by atoms with E-state index in [0.29, 0.717) is 52.1 Å². The van der Waals surface area contributed by atoms with Crippen LogP contribution >= 0.6 is 0 Å². The second-order valence-corrected chi connectivity index (χ2v) is 3.96. The number of nitrogens with one attached hydrogen (secondary N) is 1. The average molecular weight is 285 g/mol. The number of methoxy groups -OCH3 is 1. The molecule has 7 nitrogen and oxygen atoms in total. The predicted octanol–water partition coefficient (Wildman–Crippen LogP) is 0.254. The normalized spacial score (nSPS) is 10.7. The van der Waals surface area contributed by atoms with Crippen molar-refractivity contribution in [3.63, 3.8) is 0 Å². The largest absolute Gasteiger partial charge is 0.474 e. The molecule has 114 valence electrons. The summed E-state index contributed by atoms with van der Waals surface area (Å²) in [6.45, 7) is 3.92. The van der Waals surface area contributed by atoms with Crippen LogP contribution in [0.1, 0.15) is 5.69 Å². The lowest BCUT2D eigenvalue weighted by atomic mass is 10.4. The van der Waals surface area contributed by atoms with Crippen LogP contribution in [-0.2, 0) is 20.8 Å². The molecule has 1 N–H and O–H groups in total. The van der Waals surface area contributed by atoms with E-state index in [0.717, 1.165) is 5.69 Å². The first-order valence-corrected chi connectivity index (χ1v) is 6.61. The Labute approximate surface area is 119 Å². The average Bonchev–Trinajstić information content (AvgIpc) is 2.47. The smallest absolute Gasteiger partial charge is 0.233 e. The third kappa shape index (κ3) is 8.00. The highest BCUT2D eigenvalue weighted by molar-refractivity contribution is 5.11. The van der Waals surface area contributed by atoms with E-state index < -0.39 is 0 Å². The molecule has 1 rings (SSSR count). The lowest BCUT2D eigenvalue weighted by molar-refractivity contribution is 0.0176. The zero-order valence-corrected chi connectivity index (χ0v) is 12.1. The third-order valence-electron chi connectivity index (χ3n) is 2.33. The van der Waals surface area contributed by atoms with E-state index in [-0.39, 0.29) is 0 Å². The Kier molecular flexibility index (Phi) is 9.68. The highest BCUT2D eigenvalue weighted by Gasteiger charge is 1.98. The maximum absolute atomic E-state index is 5.40. The first kappa shape index (κ1) is 16.8. The second-order valence-electron chi connectivity index (χ2n) is 3.96. The van der Waals surface area contributed by atoms with Crippen LogP contribution in [-0.4, -0.2) is 64.0 Å². The zero-order valence-electron chi connectivity index (χ0n) is 12.1. The maximum Gasteiger partial charge on any atom is 0.233 e. The fraction of sp³-hybridized carbons (Fsp3) is 0.692. The van der Waals surface area contributed by atoms with E-state index in [2.05, 4.69) is 15.5 Å². The molecule has 7 heteroatoms. The van der Waals surface area contributed by atoms with E-state index in [9.17, 15) is 0 Å². The molecule has 0 bridgehead atoms. The van der Waals surface area contributed by atoms with Gasteiger partial charge in [-0.3, -0.25) is 0 Å². The quantitative estimate of drug-likeness (QED) is 0.552. The summed E-state index contributed by atoms with van der Waals surface area (Å²) in [7, 11) is 3.51. The molecule has 20 heavy (non-hydrogen) atoms. The van der Waals surface area contributed by atoms with Crippen molar-refractivity contribution in [1.82, 2.24) is 15.5 Å². The molecule has 0 amide bonds. The summed E-state index contributed by atoms with van der Waals surface area (Å²) in [6, 6.07) is 3.68. The third-order valence-corrected chi connectivity index (χ3v) is 2.33. The number of nitrogens with zero attached hydrogens (tertiary/aromatic N) is 2. The van der Waals surface area contributed by atoms with Crippen molar-refractivity contribution in [3.8, 4) is 5.88 Å². The Hall–Kier alpha value is -1.28. The highest BCUT2D eigenvalue weighted by atomic mass is 16.6. The molecule has 1 heterocycles. The molecule has 0 aliphatic heterocycles. The zero-order chi connectivity index (χ0) is 14.5. The van der Waals surface area contributed by atoms with Crippen molar-refractivity contribution < 1.29 is 18.9 Å². The van der Waals surface area contributed by atoms with Gasteiger partial charge in [0.2, 0.25) is 5.88 Å². The van der Waals surface area contributed by atoms with Crippen LogP contribution in [0.5, 0.6) is 5.88 Å². The number of ether oxygens (including phenoxy) is 4. The summed E-state index contributed by atoms with van der Waals surface area (Å²) in [5.41, 5.74) is 0.879. The first-order chi connectivity index (χ1) is 9.86. The lowest BCUT2D eigenvalue weighted by Crippen LogP contribution is -2.13. The highest BCUT2D eigenvalue weighted by Crippen LogP contribution is 2.04. The van der Waals surface area contributed by atoms with Gasteiger partial charge < -0.3 is 24.3 Å². The Balaban J connectivity index is 1.98. The Morgan fingerprint density at radius 1 is 0.950 bits per heavy atom. The summed E-state index contributed by atoms with van der Waals surface area (Å²) >= 11 is 0. The van der Waals surface area contributed by atoms with Gasteiger partial charge in [-0.15, -0.1) is 5.10 Å². The monoisotopic (exact) mass is 285 g/mol. The van der Waals surface area contributed by atoms with Crippen LogP contribution in [0.3, 0.4) is 0 Å². The predicted molar refractivity (Wildman–Crippen MR) is 73.8 cm³/mol. The standard InChI is InChI=1S/C13H23N3O4/c1-14-11-12-3-4-13(16-15-12)20-10-9-19-8-7-18-6-5-17-2/h3-4,14H,5-11H2,1-2H3. The van der Waals surface area contributed by atoms with Crippen LogP contribution in [0.15, 0.2) is 12.1 Å². The molecule has 0 aromatic carbocycles. The van der Waals surface area contributed by atoms with Crippen molar-refractivity contribution in [2.24, 2.45) is 0 Å². The van der Waals surface area contributed by atoms with E-state index in [1.807, 2.05) is 13.1 Å². The number of hydrogen-bond acceptors (Lipinski definition) is 7. The van der Waals surface area contributed by atoms with Gasteiger partial charge >= 0.3 is 0 Å². The summed E-state index contributed by atoms with van der Waals surface area (Å²) < 4.78 is 20.9. The van der Waals surface area contributed by atoms with Crippen molar-refractivity contribution in [2.45, 2.75) is 6.54 Å². The Morgan fingerprint density at radius 2 is 1.65 bits per heavy atom. The van der Waals surface area contributed by atoms with Gasteiger partial charge in [0, 0.05) is 19.7 Å². The van der Waals surface area contributed by atoms with Gasteiger partial charge in [0.15, 0.2) is 0 Å². The summed E-state index contributed by atoms with van der Waals surface area (Å²) in [5.74, 6) is 0.504. The first-order valence-electron chi connectivity index (χ1n) is 6.61. The topological polar surface area (TPSA) is 74.7 Å². The van der Waals surface area contributed by atoms with Crippen LogP contribution < -0.4 is 10.1 Å². The summed E-state index contributed by atoms with van der Waals surface area (Å²) in [4.78, 5) is 0. The molecule has 0 saturated carbocycles. The minimum absolute atomic E-state index is 0.443. The molecule has 0 fully saturated rings. The van der Waals surface area contributed by atoms with E-state index in [1.54, 1.807) is 13.2 Å². The molecule has 0 unspecified atom stereocenters. The SMILES string of the molecule is CNCc1ccc(OCCOCCOCCOC)nn1. The molecular formula is C13H23N3O4. The minimum atomic E-state index is 0.443. The maximum atomic E-state index is 5.40. The van der Waals surface area contributed by atoms with E-state index in [4.69, 9.17) is 18.9 Å². The molecule has 0 aliphatic carbocycles. The van der Waals surface area contributed by atoms with Gasteiger partial charge in [0.25, 0.3) is 0 Å². The van der Waals surface area contributed by atoms with E-state index in [1.165, 1.54) is 0 Å². The minimum Gasteiger partial charge on any atom is -0.474 e. The van der Waals surface area contributed by atoms with Crippen molar-refractivity contribution >= 4 is 0 Å². The van der Waals surface area contributed by atoms with Crippen LogP contribution in [0.2, 0.25) is 0 Å². The van der Waals surface area contributed by atoms with Gasteiger partial charge in [0.1, 0.15) is 6.61 Å². The van der Waals surface area contributed by atoms with Crippen molar-refractivity contribution in [2.75, 3.05) is 53.8 Å². The number of rotatable bonds is 12. The fourth-order valence-electron chi connectivity index (χ4n) is 1.37. The van der Waals surface area contributed by atoms with Crippen molar-refractivity contribution in [1.29, 1.82) is 0 Å². The number of aromatic nitrogens is 2. The van der Waals surface area contributed by atoms with E-state index >= 15 is 0 Å². The number of hydrogen-bond donors (Lipinski definition) is 1. The molecule has 0 aliphatic rings. The van der Waals surface area contributed by atoms with Gasteiger partial charge in [-0.1, -0.05) is 0 Å². The molecular weight excluding hydrogens is 262 g/mol. The van der Waals surface area contributed by atoms with Gasteiger partial charge in [0.05, 0.1) is 38.7 Å². The molecule has 1 aromatic heterocycles. The Morgan fingerprint density at radius 3 is 2.25 bits per heavy atom. The molecule has 1 aromatic rings. The fourth-order valence-corrected chi connectivity index (χ4v) is 1.37. The molecule has 0 atom stereocenters. The van der Waals surface area contributed by atoms with Crippen molar-refractivity contribution in [3.05, 3.63) is 17.8 Å². The molecule has 0 spiro atoms. The van der Waals surface area contributed by atoms with Gasteiger partial charge in [-0.2, -0.15) is 5.10 Å². The second kappa shape index (κ2) is 11.5. The summed E-state index contributed by atoms with van der Waals surface area (Å²) in [6.07, 6.45) is 0. The van der Waals surface area contributed by atoms with Crippen LogP contribution in [0, 0.1) is 0 Å². The van der Waals surface area contributed by atoms with Gasteiger partial charge in [-0.05, 0) is 13.1 Å². The lowest BCUT2D eigenvalue weighted by Gasteiger charge is -2.07. The van der Waals surface area contributed by atoms with Crippen LogP contribution in [0.25, 0.3) is 0 Å². The Bertz CT molecular complexity index is 335. The molecule has 0 saturated heterocycles. The molecule has 0 radical (unpaired) electrons. The van der Waals surface area contributed by atoms with Crippen LogP contribution in [0.4, 0.5) is 0 Å². The van der Waals surface area contributed by atoms with Gasteiger partial charge in [-0.25, -0.2) is 0 Å².